The molecular weight excluding hydrogens is 267 g/mol. The van der Waals surface area contributed by atoms with Gasteiger partial charge in [-0.15, -0.1) is 0 Å². The molecule has 4 nitrogen and oxygen atoms in total. The minimum atomic E-state index is -2.81. The molecule has 0 aromatic heterocycles. The highest BCUT2D eigenvalue weighted by molar-refractivity contribution is 8.57. The molecule has 1 aliphatic carbocycles. The lowest BCUT2D eigenvalue weighted by Gasteiger charge is -2.29. The first kappa shape index (κ1) is 16.1. The minimum Gasteiger partial charge on any atom is -0.276 e. The molecule has 0 saturated heterocycles. The quantitative estimate of drug-likeness (QED) is 0.696. The predicted molar refractivity (Wildman–Crippen MR) is 78.7 cm³/mol. The zero-order valence-electron chi connectivity index (χ0n) is 11.8. The summed E-state index contributed by atoms with van der Waals surface area (Å²) in [5, 5.41) is 3.18. The van der Waals surface area contributed by atoms with Gasteiger partial charge < -0.3 is 0 Å². The van der Waals surface area contributed by atoms with E-state index < -0.39 is 6.65 Å². The van der Waals surface area contributed by atoms with Crippen LogP contribution in [-0.2, 0) is 9.36 Å². The summed E-state index contributed by atoms with van der Waals surface area (Å²) in [5.41, 5.74) is 0. The van der Waals surface area contributed by atoms with Gasteiger partial charge in [0.05, 0.1) is 0 Å². The molecule has 2 unspecified atom stereocenters. The van der Waals surface area contributed by atoms with Crippen molar-refractivity contribution >= 4 is 23.9 Å². The lowest BCUT2D eigenvalue weighted by Crippen LogP contribution is -2.29. The van der Waals surface area contributed by atoms with Gasteiger partial charge in [-0.1, -0.05) is 38.1 Å². The topological polar surface area (TPSA) is 49.4 Å². The van der Waals surface area contributed by atoms with Crippen molar-refractivity contribution in [2.45, 2.75) is 51.2 Å². The maximum atomic E-state index is 12.8. The van der Waals surface area contributed by atoms with E-state index in [0.717, 1.165) is 32.1 Å². The number of hydrogen-bond donors (Lipinski definition) is 1. The third-order valence-electron chi connectivity index (χ3n) is 3.21. The molecule has 1 amide bonds. The molecule has 0 heterocycles. The largest absolute Gasteiger partial charge is 0.294 e. The molecular formula is C12H25N2O2PS. The Morgan fingerprint density at radius 2 is 2.17 bits per heavy atom. The van der Waals surface area contributed by atoms with Crippen LogP contribution in [0, 0.1) is 5.92 Å². The summed E-state index contributed by atoms with van der Waals surface area (Å²) in [4.78, 5) is 12.0. The van der Waals surface area contributed by atoms with Crippen LogP contribution in [0.4, 0.5) is 0 Å². The summed E-state index contributed by atoms with van der Waals surface area (Å²) in [5.74, 6) is 0.145. The van der Waals surface area contributed by atoms with Crippen LogP contribution in [0.15, 0.2) is 0 Å². The summed E-state index contributed by atoms with van der Waals surface area (Å²) in [6.07, 6.45) is 5.22. The third kappa shape index (κ3) is 4.29. The Bertz CT molecular complexity index is 334. The number of nitrogens with zero attached hydrogens (tertiary/aromatic N) is 1. The normalized spacial score (nSPS) is 20.2. The van der Waals surface area contributed by atoms with Gasteiger partial charge in [-0.05, 0) is 26.3 Å². The van der Waals surface area contributed by atoms with Gasteiger partial charge in [0.2, 0.25) is 5.91 Å². The highest BCUT2D eigenvalue weighted by Gasteiger charge is 2.39. The van der Waals surface area contributed by atoms with Gasteiger partial charge in [0.15, 0.2) is 0 Å². The van der Waals surface area contributed by atoms with Gasteiger partial charge in [-0.2, -0.15) is 0 Å². The molecule has 6 heteroatoms. The van der Waals surface area contributed by atoms with Crippen molar-refractivity contribution in [2.75, 3.05) is 14.1 Å². The first-order valence-electron chi connectivity index (χ1n) is 6.70. The Hall–Kier alpha value is 0.0100. The molecule has 1 rings (SSSR count). The van der Waals surface area contributed by atoms with Gasteiger partial charge in [0, 0.05) is 18.2 Å². The van der Waals surface area contributed by atoms with Crippen molar-refractivity contribution in [3.63, 3.8) is 0 Å². The van der Waals surface area contributed by atoms with Crippen molar-refractivity contribution in [3.8, 4) is 0 Å². The fraction of sp³-hybridized carbons (Fsp3) is 0.917. The van der Waals surface area contributed by atoms with Crippen molar-refractivity contribution in [1.82, 2.24) is 9.76 Å². The number of amides is 1. The van der Waals surface area contributed by atoms with Crippen molar-refractivity contribution in [1.29, 1.82) is 0 Å². The number of rotatable bonds is 8. The molecule has 0 bridgehead atoms. The summed E-state index contributed by atoms with van der Waals surface area (Å²) in [6.45, 7) is 1.43. The Morgan fingerprint density at radius 1 is 1.56 bits per heavy atom. The minimum absolute atomic E-state index is 0.0304. The van der Waals surface area contributed by atoms with Crippen molar-refractivity contribution in [3.05, 3.63) is 0 Å². The molecule has 0 spiro atoms. The summed E-state index contributed by atoms with van der Waals surface area (Å²) >= 11 is 1.42. The standard InChI is InChI=1S/C12H25N2O2PS/c1-5-6-7-10(2)18-17(16,13-3)14(4)12(15)11-8-9-11/h10-11H,5-9H2,1-4H3,(H,13,16). The van der Waals surface area contributed by atoms with E-state index in [1.54, 1.807) is 14.1 Å². The summed E-state index contributed by atoms with van der Waals surface area (Å²) in [7, 11) is 3.34. The molecule has 106 valence electrons. The SMILES string of the molecule is CCCCC(C)SP(=O)(NC)N(C)C(=O)C1CC1. The maximum absolute atomic E-state index is 12.8. The lowest BCUT2D eigenvalue weighted by atomic mass is 10.2. The summed E-state index contributed by atoms with van der Waals surface area (Å²) in [6, 6.07) is 0. The number of unbranched alkanes of at least 4 members (excludes halogenated alkanes) is 1. The zero-order valence-corrected chi connectivity index (χ0v) is 13.5. The van der Waals surface area contributed by atoms with E-state index in [4.69, 9.17) is 0 Å². The molecule has 1 saturated carbocycles. The monoisotopic (exact) mass is 292 g/mol. The lowest BCUT2D eigenvalue weighted by molar-refractivity contribution is -0.126. The number of hydrogen-bond acceptors (Lipinski definition) is 3. The zero-order chi connectivity index (χ0) is 13.8. The van der Waals surface area contributed by atoms with E-state index in [1.165, 1.54) is 16.1 Å². The number of carbonyl (C=O) groups excluding carboxylic acids is 1. The second kappa shape index (κ2) is 6.97. The molecule has 18 heavy (non-hydrogen) atoms. The van der Waals surface area contributed by atoms with Gasteiger partial charge in [-0.3, -0.25) is 14.0 Å². The van der Waals surface area contributed by atoms with E-state index in [1.807, 2.05) is 0 Å². The highest BCUT2D eigenvalue weighted by Crippen LogP contribution is 2.60. The average Bonchev–Trinajstić information content (AvgIpc) is 3.18. The van der Waals surface area contributed by atoms with Crippen LogP contribution in [-0.4, -0.2) is 29.9 Å². The summed E-state index contributed by atoms with van der Waals surface area (Å²) < 4.78 is 14.2. The Kier molecular flexibility index (Phi) is 6.22. The van der Waals surface area contributed by atoms with E-state index in [-0.39, 0.29) is 11.8 Å². The van der Waals surface area contributed by atoms with Crippen molar-refractivity contribution in [2.24, 2.45) is 5.92 Å². The second-order valence-corrected chi connectivity index (χ2v) is 10.2. The molecule has 1 fully saturated rings. The second-order valence-electron chi connectivity index (χ2n) is 4.94. The third-order valence-corrected chi connectivity index (χ3v) is 8.86. The smallest absolute Gasteiger partial charge is 0.276 e. The van der Waals surface area contributed by atoms with E-state index in [9.17, 15) is 9.36 Å². The van der Waals surface area contributed by atoms with E-state index in [0.29, 0.717) is 5.25 Å². The first-order chi connectivity index (χ1) is 8.44. The average molecular weight is 292 g/mol. The fourth-order valence-electron chi connectivity index (χ4n) is 1.79. The Labute approximate surface area is 114 Å². The van der Waals surface area contributed by atoms with Crippen LogP contribution in [0.1, 0.15) is 46.0 Å². The molecule has 1 aliphatic rings. The van der Waals surface area contributed by atoms with Crippen LogP contribution in [0.5, 0.6) is 0 Å². The molecule has 0 radical (unpaired) electrons. The van der Waals surface area contributed by atoms with Gasteiger partial charge in [0.1, 0.15) is 0 Å². The molecule has 0 aromatic rings. The fourth-order valence-corrected chi connectivity index (χ4v) is 6.28. The van der Waals surface area contributed by atoms with Crippen LogP contribution in [0.25, 0.3) is 0 Å². The van der Waals surface area contributed by atoms with E-state index >= 15 is 0 Å². The number of nitrogens with one attached hydrogen (secondary N) is 1. The van der Waals surface area contributed by atoms with Crippen LogP contribution in [0.2, 0.25) is 0 Å². The molecule has 2 atom stereocenters. The number of carbonyl (C=O) groups is 1. The van der Waals surface area contributed by atoms with Crippen LogP contribution >= 0.6 is 18.0 Å². The van der Waals surface area contributed by atoms with Gasteiger partial charge >= 0.3 is 0 Å². The van der Waals surface area contributed by atoms with E-state index in [2.05, 4.69) is 18.9 Å². The maximum Gasteiger partial charge on any atom is 0.294 e. The molecule has 1 N–H and O–H groups in total. The Balaban J connectivity index is 2.59. The predicted octanol–water partition coefficient (Wildman–Crippen LogP) is 3.49. The van der Waals surface area contributed by atoms with Crippen LogP contribution in [0.3, 0.4) is 0 Å². The highest BCUT2D eigenvalue weighted by atomic mass is 32.7. The van der Waals surface area contributed by atoms with Crippen LogP contribution < -0.4 is 5.09 Å². The van der Waals surface area contributed by atoms with Gasteiger partial charge in [0.25, 0.3) is 6.65 Å². The first-order valence-corrected chi connectivity index (χ1v) is 9.84. The Morgan fingerprint density at radius 3 is 2.61 bits per heavy atom. The van der Waals surface area contributed by atoms with Crippen molar-refractivity contribution < 1.29 is 9.36 Å². The molecule has 0 aromatic carbocycles. The van der Waals surface area contributed by atoms with Gasteiger partial charge in [-0.25, -0.2) is 5.09 Å². The molecule has 0 aliphatic heterocycles.